The summed E-state index contributed by atoms with van der Waals surface area (Å²) in [4.78, 5) is 0.138. The van der Waals surface area contributed by atoms with Crippen molar-refractivity contribution in [3.8, 4) is 0 Å². The SMILES string of the molecule is O=[S@](CCCc1cn[nH]c1)c1ccc(Cl)c(C(F)(F)F)c1. The van der Waals surface area contributed by atoms with Crippen molar-refractivity contribution >= 4 is 22.4 Å². The van der Waals surface area contributed by atoms with Gasteiger partial charge < -0.3 is 0 Å². The number of hydrogen-bond donors (Lipinski definition) is 1. The lowest BCUT2D eigenvalue weighted by Crippen LogP contribution is -2.08. The highest BCUT2D eigenvalue weighted by molar-refractivity contribution is 7.85. The van der Waals surface area contributed by atoms with Gasteiger partial charge in [-0.25, -0.2) is 0 Å². The highest BCUT2D eigenvalue weighted by Crippen LogP contribution is 2.35. The molecule has 1 atom stereocenters. The number of hydrogen-bond acceptors (Lipinski definition) is 2. The summed E-state index contributed by atoms with van der Waals surface area (Å²) in [5, 5.41) is 6.06. The third kappa shape index (κ3) is 4.31. The van der Waals surface area contributed by atoms with E-state index in [4.69, 9.17) is 11.6 Å². The van der Waals surface area contributed by atoms with Crippen LogP contribution in [0, 0.1) is 0 Å². The quantitative estimate of drug-likeness (QED) is 0.902. The minimum atomic E-state index is -4.55. The van der Waals surface area contributed by atoms with Crippen molar-refractivity contribution in [2.24, 2.45) is 0 Å². The first-order chi connectivity index (χ1) is 9.88. The minimum absolute atomic E-state index is 0.138. The molecule has 0 aliphatic heterocycles. The Labute approximate surface area is 127 Å². The molecule has 1 N–H and O–H groups in total. The maximum atomic E-state index is 12.7. The molecule has 3 nitrogen and oxygen atoms in total. The van der Waals surface area contributed by atoms with Gasteiger partial charge in [-0.15, -0.1) is 0 Å². The molecule has 21 heavy (non-hydrogen) atoms. The highest BCUT2D eigenvalue weighted by atomic mass is 35.5. The van der Waals surface area contributed by atoms with Crippen LogP contribution in [-0.2, 0) is 23.4 Å². The average Bonchev–Trinajstić information content (AvgIpc) is 2.91. The molecule has 0 spiro atoms. The molecular weight excluding hydrogens is 325 g/mol. The normalized spacial score (nSPS) is 13.3. The Hall–Kier alpha value is -1.34. The topological polar surface area (TPSA) is 45.8 Å². The van der Waals surface area contributed by atoms with E-state index in [1.165, 1.54) is 6.07 Å². The van der Waals surface area contributed by atoms with Gasteiger partial charge in [0.2, 0.25) is 0 Å². The molecule has 2 rings (SSSR count). The first-order valence-corrected chi connectivity index (χ1v) is 7.80. The minimum Gasteiger partial charge on any atom is -0.285 e. The molecular formula is C13H12ClF3N2OS. The Balaban J connectivity index is 2.02. The van der Waals surface area contributed by atoms with E-state index in [1.54, 1.807) is 12.4 Å². The molecule has 1 aromatic carbocycles. The lowest BCUT2D eigenvalue weighted by atomic mass is 10.2. The largest absolute Gasteiger partial charge is 0.417 e. The number of alkyl halides is 3. The van der Waals surface area contributed by atoms with Gasteiger partial charge in [0.25, 0.3) is 0 Å². The lowest BCUT2D eigenvalue weighted by molar-refractivity contribution is -0.137. The number of aryl methyl sites for hydroxylation is 1. The van der Waals surface area contributed by atoms with E-state index in [0.29, 0.717) is 12.8 Å². The van der Waals surface area contributed by atoms with Crippen LogP contribution in [0.3, 0.4) is 0 Å². The Morgan fingerprint density at radius 2 is 2.10 bits per heavy atom. The van der Waals surface area contributed by atoms with Crippen molar-refractivity contribution in [1.82, 2.24) is 10.2 Å². The molecule has 0 fully saturated rings. The Bertz CT molecular complexity index is 629. The highest BCUT2D eigenvalue weighted by Gasteiger charge is 2.33. The summed E-state index contributed by atoms with van der Waals surface area (Å²) in [6, 6.07) is 3.36. The molecule has 0 radical (unpaired) electrons. The van der Waals surface area contributed by atoms with Crippen molar-refractivity contribution in [3.05, 3.63) is 46.7 Å². The Kier molecular flexibility index (Phi) is 5.05. The van der Waals surface area contributed by atoms with Gasteiger partial charge >= 0.3 is 6.18 Å². The second-order valence-electron chi connectivity index (χ2n) is 4.40. The maximum absolute atomic E-state index is 12.7. The van der Waals surface area contributed by atoms with E-state index >= 15 is 0 Å². The fourth-order valence-electron chi connectivity index (χ4n) is 1.80. The fourth-order valence-corrected chi connectivity index (χ4v) is 3.14. The monoisotopic (exact) mass is 336 g/mol. The number of aromatic amines is 1. The first kappa shape index (κ1) is 16.0. The average molecular weight is 337 g/mol. The summed E-state index contributed by atoms with van der Waals surface area (Å²) in [6.07, 6.45) is 0.103. The molecule has 0 aliphatic carbocycles. The van der Waals surface area contributed by atoms with E-state index in [9.17, 15) is 17.4 Å². The van der Waals surface area contributed by atoms with Gasteiger partial charge in [-0.1, -0.05) is 11.6 Å². The van der Waals surface area contributed by atoms with Crippen LogP contribution in [-0.4, -0.2) is 20.2 Å². The molecule has 2 aromatic rings. The number of halogens is 4. The zero-order valence-corrected chi connectivity index (χ0v) is 12.4. The number of nitrogens with zero attached hydrogens (tertiary/aromatic N) is 1. The Morgan fingerprint density at radius 3 is 2.71 bits per heavy atom. The summed E-state index contributed by atoms with van der Waals surface area (Å²) in [6.45, 7) is 0. The molecule has 0 amide bonds. The van der Waals surface area contributed by atoms with Crippen molar-refractivity contribution in [2.75, 3.05) is 5.75 Å². The van der Waals surface area contributed by atoms with Gasteiger partial charge in [0, 0.05) is 16.8 Å². The second-order valence-corrected chi connectivity index (χ2v) is 6.38. The lowest BCUT2D eigenvalue weighted by Gasteiger charge is -2.10. The van der Waals surface area contributed by atoms with Crippen molar-refractivity contribution in [3.63, 3.8) is 0 Å². The number of aromatic nitrogens is 2. The standard InChI is InChI=1S/C13H12ClF3N2OS/c14-12-4-3-10(6-11(12)13(15,16)17)21(20)5-1-2-9-7-18-19-8-9/h3-4,6-8H,1-2,5H2,(H,18,19)/t21-/m1/s1. The van der Waals surface area contributed by atoms with Crippen LogP contribution in [0.4, 0.5) is 13.2 Å². The Morgan fingerprint density at radius 1 is 1.33 bits per heavy atom. The molecule has 0 aliphatic rings. The third-order valence-corrected chi connectivity index (χ3v) is 4.62. The summed E-state index contributed by atoms with van der Waals surface area (Å²) in [7, 11) is -1.49. The van der Waals surface area contributed by atoms with Gasteiger partial charge in [0.15, 0.2) is 0 Å². The van der Waals surface area contributed by atoms with E-state index in [1.807, 2.05) is 0 Å². The summed E-state index contributed by atoms with van der Waals surface area (Å²) in [5.74, 6) is 0.282. The van der Waals surface area contributed by atoms with Gasteiger partial charge in [-0.3, -0.25) is 9.31 Å². The van der Waals surface area contributed by atoms with Crippen LogP contribution in [0.15, 0.2) is 35.5 Å². The predicted molar refractivity (Wildman–Crippen MR) is 74.6 cm³/mol. The van der Waals surface area contributed by atoms with Crippen molar-refractivity contribution < 1.29 is 17.4 Å². The van der Waals surface area contributed by atoms with E-state index < -0.39 is 22.5 Å². The molecule has 0 saturated carbocycles. The molecule has 8 heteroatoms. The third-order valence-electron chi connectivity index (χ3n) is 2.86. The second kappa shape index (κ2) is 6.62. The van der Waals surface area contributed by atoms with Gasteiger partial charge in [-0.05, 0) is 36.6 Å². The zero-order chi connectivity index (χ0) is 15.5. The van der Waals surface area contributed by atoms with E-state index in [2.05, 4.69) is 10.2 Å². The number of rotatable bonds is 5. The molecule has 0 unspecified atom stereocenters. The predicted octanol–water partition coefficient (Wildman–Crippen LogP) is 3.82. The molecule has 1 heterocycles. The summed E-state index contributed by atoms with van der Waals surface area (Å²) in [5.41, 5.74) is 0.0175. The van der Waals surface area contributed by atoms with Crippen LogP contribution >= 0.6 is 11.6 Å². The summed E-state index contributed by atoms with van der Waals surface area (Å²) < 4.78 is 50.2. The molecule has 114 valence electrons. The van der Waals surface area contributed by atoms with Gasteiger partial charge in [0.1, 0.15) is 0 Å². The van der Waals surface area contributed by atoms with Crippen LogP contribution in [0.2, 0.25) is 5.02 Å². The first-order valence-electron chi connectivity index (χ1n) is 6.10. The smallest absolute Gasteiger partial charge is 0.285 e. The summed E-state index contributed by atoms with van der Waals surface area (Å²) >= 11 is 5.53. The van der Waals surface area contributed by atoms with Crippen molar-refractivity contribution in [2.45, 2.75) is 23.9 Å². The van der Waals surface area contributed by atoms with Crippen LogP contribution < -0.4 is 0 Å². The van der Waals surface area contributed by atoms with E-state index in [-0.39, 0.29) is 15.7 Å². The van der Waals surface area contributed by atoms with E-state index in [0.717, 1.165) is 17.7 Å². The zero-order valence-electron chi connectivity index (χ0n) is 10.8. The number of nitrogens with one attached hydrogen (secondary N) is 1. The van der Waals surface area contributed by atoms with Crippen molar-refractivity contribution in [1.29, 1.82) is 0 Å². The van der Waals surface area contributed by atoms with Gasteiger partial charge in [0.05, 0.1) is 27.6 Å². The molecule has 1 aromatic heterocycles. The van der Waals surface area contributed by atoms with Crippen LogP contribution in [0.5, 0.6) is 0 Å². The number of H-pyrrole nitrogens is 1. The fraction of sp³-hybridized carbons (Fsp3) is 0.308. The molecule has 0 bridgehead atoms. The molecule has 0 saturated heterocycles. The number of benzene rings is 1. The maximum Gasteiger partial charge on any atom is 0.417 e. The van der Waals surface area contributed by atoms with Crippen LogP contribution in [0.25, 0.3) is 0 Å². The van der Waals surface area contributed by atoms with Crippen LogP contribution in [0.1, 0.15) is 17.5 Å². The van der Waals surface area contributed by atoms with Gasteiger partial charge in [-0.2, -0.15) is 18.3 Å².